The zero-order chi connectivity index (χ0) is 14.0. The molecule has 0 aliphatic rings. The summed E-state index contributed by atoms with van der Waals surface area (Å²) in [5, 5.41) is 12.8. The first kappa shape index (κ1) is 14.7. The van der Waals surface area contributed by atoms with Gasteiger partial charge in [0, 0.05) is 19.8 Å². The highest BCUT2D eigenvalue weighted by molar-refractivity contribution is 7.89. The lowest BCUT2D eigenvalue weighted by Gasteiger charge is -2.22. The van der Waals surface area contributed by atoms with E-state index in [1.807, 2.05) is 0 Å². The van der Waals surface area contributed by atoms with Crippen molar-refractivity contribution in [1.29, 1.82) is 0 Å². The fraction of sp³-hybridized carbons (Fsp3) is 0.600. The summed E-state index contributed by atoms with van der Waals surface area (Å²) in [7, 11) is -2.11. The van der Waals surface area contributed by atoms with Crippen LogP contribution in [-0.4, -0.2) is 35.8 Å². The van der Waals surface area contributed by atoms with Crippen molar-refractivity contribution in [3.63, 3.8) is 0 Å². The molecule has 1 rings (SSSR count). The van der Waals surface area contributed by atoms with E-state index in [1.165, 1.54) is 24.0 Å². The van der Waals surface area contributed by atoms with Crippen LogP contribution in [0.2, 0.25) is 0 Å². The van der Waals surface area contributed by atoms with E-state index in [1.54, 1.807) is 14.0 Å². The fourth-order valence-electron chi connectivity index (χ4n) is 1.23. The molecule has 0 spiro atoms. The van der Waals surface area contributed by atoms with Crippen molar-refractivity contribution in [2.45, 2.75) is 25.2 Å². The van der Waals surface area contributed by atoms with Gasteiger partial charge < -0.3 is 5.11 Å². The Kier molecular flexibility index (Phi) is 4.12. The lowest BCUT2D eigenvalue weighted by atomic mass is 9.88. The van der Waals surface area contributed by atoms with Gasteiger partial charge in [-0.1, -0.05) is 6.92 Å². The van der Waals surface area contributed by atoms with Gasteiger partial charge in [0.1, 0.15) is 4.90 Å². The topological polar surface area (TPSA) is 101 Å². The van der Waals surface area contributed by atoms with Crippen LogP contribution >= 0.6 is 0 Å². The molecule has 1 unspecified atom stereocenters. The number of carboxylic acids is 1. The first-order valence-corrected chi connectivity index (χ1v) is 6.91. The SMILES string of the molecule is CCC(C)(CNS(=O)(=O)c1cnn(C)c1)C(=O)O. The highest BCUT2D eigenvalue weighted by atomic mass is 32.2. The second kappa shape index (κ2) is 5.07. The van der Waals surface area contributed by atoms with E-state index in [0.29, 0.717) is 6.42 Å². The fourth-order valence-corrected chi connectivity index (χ4v) is 2.38. The van der Waals surface area contributed by atoms with Gasteiger partial charge in [-0.15, -0.1) is 0 Å². The average molecular weight is 275 g/mol. The first-order valence-electron chi connectivity index (χ1n) is 5.43. The van der Waals surface area contributed by atoms with Crippen LogP contribution in [0, 0.1) is 5.41 Å². The second-order valence-corrected chi connectivity index (χ2v) is 6.16. The minimum Gasteiger partial charge on any atom is -0.481 e. The van der Waals surface area contributed by atoms with E-state index < -0.39 is 21.4 Å². The van der Waals surface area contributed by atoms with Crippen LogP contribution in [0.5, 0.6) is 0 Å². The summed E-state index contributed by atoms with van der Waals surface area (Å²) >= 11 is 0. The Morgan fingerprint density at radius 2 is 2.22 bits per heavy atom. The van der Waals surface area contributed by atoms with Crippen LogP contribution in [0.4, 0.5) is 0 Å². The number of sulfonamides is 1. The van der Waals surface area contributed by atoms with Gasteiger partial charge in [-0.2, -0.15) is 5.10 Å². The summed E-state index contributed by atoms with van der Waals surface area (Å²) in [5.41, 5.74) is -1.12. The van der Waals surface area contributed by atoms with Gasteiger partial charge in [0.2, 0.25) is 10.0 Å². The van der Waals surface area contributed by atoms with Gasteiger partial charge in [0.15, 0.2) is 0 Å². The number of carboxylic acid groups (broad SMARTS) is 1. The Bertz CT molecular complexity index is 537. The molecule has 0 radical (unpaired) electrons. The first-order chi connectivity index (χ1) is 8.21. The van der Waals surface area contributed by atoms with E-state index in [-0.39, 0.29) is 11.4 Å². The molecule has 0 bridgehead atoms. The number of nitrogens with one attached hydrogen (secondary N) is 1. The molecule has 1 aromatic heterocycles. The number of aromatic nitrogens is 2. The van der Waals surface area contributed by atoms with Gasteiger partial charge in [0.05, 0.1) is 11.6 Å². The number of rotatable bonds is 6. The predicted molar refractivity (Wildman–Crippen MR) is 64.4 cm³/mol. The zero-order valence-electron chi connectivity index (χ0n) is 10.5. The Labute approximate surface area is 106 Å². The summed E-state index contributed by atoms with van der Waals surface area (Å²) in [6.07, 6.45) is 2.90. The van der Waals surface area contributed by atoms with E-state index in [2.05, 4.69) is 9.82 Å². The lowest BCUT2D eigenvalue weighted by molar-refractivity contribution is -0.147. The Balaban J connectivity index is 2.83. The summed E-state index contributed by atoms with van der Waals surface area (Å²) < 4.78 is 27.4. The Morgan fingerprint density at radius 3 is 2.61 bits per heavy atom. The highest BCUT2D eigenvalue weighted by Crippen LogP contribution is 2.21. The maximum Gasteiger partial charge on any atom is 0.310 e. The third-order valence-electron chi connectivity index (χ3n) is 2.94. The normalized spacial score (nSPS) is 15.3. The summed E-state index contributed by atoms with van der Waals surface area (Å²) in [5.74, 6) is -1.03. The van der Waals surface area contributed by atoms with Crippen LogP contribution < -0.4 is 4.72 Å². The second-order valence-electron chi connectivity index (χ2n) is 4.39. The monoisotopic (exact) mass is 275 g/mol. The summed E-state index contributed by atoms with van der Waals surface area (Å²) in [6.45, 7) is 3.05. The van der Waals surface area contributed by atoms with Crippen LogP contribution in [0.1, 0.15) is 20.3 Å². The lowest BCUT2D eigenvalue weighted by Crippen LogP contribution is -2.40. The molecule has 0 aliphatic carbocycles. The van der Waals surface area contributed by atoms with Crippen LogP contribution in [-0.2, 0) is 21.9 Å². The number of hydrogen-bond acceptors (Lipinski definition) is 4. The maximum absolute atomic E-state index is 11.9. The highest BCUT2D eigenvalue weighted by Gasteiger charge is 2.32. The quantitative estimate of drug-likeness (QED) is 0.772. The average Bonchev–Trinajstić information content (AvgIpc) is 2.73. The van der Waals surface area contributed by atoms with E-state index >= 15 is 0 Å². The van der Waals surface area contributed by atoms with E-state index in [9.17, 15) is 13.2 Å². The molecule has 102 valence electrons. The third-order valence-corrected chi connectivity index (χ3v) is 4.30. The van der Waals surface area contributed by atoms with Crippen molar-refractivity contribution < 1.29 is 18.3 Å². The molecule has 8 heteroatoms. The van der Waals surface area contributed by atoms with E-state index in [4.69, 9.17) is 5.11 Å². The predicted octanol–water partition coefficient (Wildman–Crippen LogP) is 0.199. The van der Waals surface area contributed by atoms with Crippen molar-refractivity contribution in [2.24, 2.45) is 12.5 Å². The van der Waals surface area contributed by atoms with Gasteiger partial charge in [-0.3, -0.25) is 9.48 Å². The van der Waals surface area contributed by atoms with E-state index in [0.717, 1.165) is 0 Å². The van der Waals surface area contributed by atoms with Crippen LogP contribution in [0.25, 0.3) is 0 Å². The van der Waals surface area contributed by atoms with Crippen LogP contribution in [0.15, 0.2) is 17.3 Å². The smallest absolute Gasteiger partial charge is 0.310 e. The van der Waals surface area contributed by atoms with Gasteiger partial charge in [0.25, 0.3) is 0 Å². The minimum atomic E-state index is -3.71. The third kappa shape index (κ3) is 3.08. The molecule has 0 fully saturated rings. The molecule has 2 N–H and O–H groups in total. The number of aryl methyl sites for hydroxylation is 1. The largest absolute Gasteiger partial charge is 0.481 e. The minimum absolute atomic E-state index is 0.0221. The van der Waals surface area contributed by atoms with Crippen LogP contribution in [0.3, 0.4) is 0 Å². The number of carbonyl (C=O) groups is 1. The van der Waals surface area contributed by atoms with Crippen molar-refractivity contribution >= 4 is 16.0 Å². The standard InChI is InChI=1S/C10H17N3O4S/c1-4-10(2,9(14)15)7-12-18(16,17)8-5-11-13(3)6-8/h5-6,12H,4,7H2,1-3H3,(H,14,15). The maximum atomic E-state index is 11.9. The molecular weight excluding hydrogens is 258 g/mol. The number of nitrogens with zero attached hydrogens (tertiary/aromatic N) is 2. The van der Waals surface area contributed by atoms with Gasteiger partial charge >= 0.3 is 5.97 Å². The molecule has 7 nitrogen and oxygen atoms in total. The molecule has 0 amide bonds. The molecule has 18 heavy (non-hydrogen) atoms. The summed E-state index contributed by atoms with van der Waals surface area (Å²) in [4.78, 5) is 11.1. The molecule has 0 aromatic carbocycles. The van der Waals surface area contributed by atoms with Gasteiger partial charge in [-0.25, -0.2) is 13.1 Å². The summed E-state index contributed by atoms with van der Waals surface area (Å²) in [6, 6.07) is 0. The zero-order valence-corrected chi connectivity index (χ0v) is 11.4. The van der Waals surface area contributed by atoms with Gasteiger partial charge in [-0.05, 0) is 13.3 Å². The van der Waals surface area contributed by atoms with Crippen molar-refractivity contribution in [3.8, 4) is 0 Å². The molecule has 1 aromatic rings. The Hall–Kier alpha value is -1.41. The molecular formula is C10H17N3O4S. The molecule has 0 saturated carbocycles. The Morgan fingerprint density at radius 1 is 1.61 bits per heavy atom. The van der Waals surface area contributed by atoms with Crippen molar-refractivity contribution in [3.05, 3.63) is 12.4 Å². The number of hydrogen-bond donors (Lipinski definition) is 2. The number of aliphatic carboxylic acids is 1. The molecule has 1 atom stereocenters. The van der Waals surface area contributed by atoms with Crippen molar-refractivity contribution in [2.75, 3.05) is 6.54 Å². The molecule has 1 heterocycles. The molecule has 0 saturated heterocycles. The van der Waals surface area contributed by atoms with Crippen molar-refractivity contribution in [1.82, 2.24) is 14.5 Å². The molecule has 0 aliphatic heterocycles.